The summed E-state index contributed by atoms with van der Waals surface area (Å²) in [5, 5.41) is 3.77. The summed E-state index contributed by atoms with van der Waals surface area (Å²) in [4.78, 5) is 13.9. The molecule has 2 aromatic carbocycles. The summed E-state index contributed by atoms with van der Waals surface area (Å²) in [6.07, 6.45) is 3.30. The lowest BCUT2D eigenvalue weighted by Gasteiger charge is -2.15. The van der Waals surface area contributed by atoms with Gasteiger partial charge in [0, 0.05) is 11.1 Å². The number of aromatic nitrogens is 2. The van der Waals surface area contributed by atoms with E-state index in [-0.39, 0.29) is 11.2 Å². The maximum Gasteiger partial charge on any atom is 0.264 e. The zero-order chi connectivity index (χ0) is 15.4. The monoisotopic (exact) mass is 372 g/mol. The molecule has 1 atom stereocenters. The Balaban J connectivity index is 1.94. The number of benzene rings is 2. The zero-order valence-electron chi connectivity index (χ0n) is 11.6. The first-order valence-corrected chi connectivity index (χ1v) is 8.42. The van der Waals surface area contributed by atoms with Gasteiger partial charge in [-0.1, -0.05) is 48.5 Å². The topological polar surface area (TPSA) is 34.9 Å². The third-order valence-electron chi connectivity index (χ3n) is 3.10. The first kappa shape index (κ1) is 15.1. The highest BCUT2D eigenvalue weighted by Gasteiger charge is 2.24. The van der Waals surface area contributed by atoms with Crippen molar-refractivity contribution in [3.05, 3.63) is 83.1 Å². The Morgan fingerprint density at radius 1 is 1.05 bits per heavy atom. The molecule has 0 saturated heterocycles. The first-order chi connectivity index (χ1) is 10.7. The largest absolute Gasteiger partial charge is 0.271 e. The molecule has 0 bridgehead atoms. The van der Waals surface area contributed by atoms with E-state index < -0.39 is 0 Å². The molecule has 0 radical (unpaired) electrons. The van der Waals surface area contributed by atoms with Gasteiger partial charge in [0.2, 0.25) is 0 Å². The second-order valence-electron chi connectivity index (χ2n) is 4.66. The van der Waals surface area contributed by atoms with Gasteiger partial charge in [-0.05, 0) is 33.6 Å². The van der Waals surface area contributed by atoms with Crippen LogP contribution in [-0.2, 0) is 0 Å². The molecule has 0 N–H and O–H groups in total. The van der Waals surface area contributed by atoms with Crippen molar-refractivity contribution < 1.29 is 4.79 Å². The van der Waals surface area contributed by atoms with Crippen molar-refractivity contribution in [2.24, 2.45) is 0 Å². The second-order valence-corrected chi connectivity index (χ2v) is 6.76. The van der Waals surface area contributed by atoms with E-state index in [0.717, 1.165) is 14.9 Å². The maximum absolute atomic E-state index is 12.8. The Morgan fingerprint density at radius 2 is 1.68 bits per heavy atom. The van der Waals surface area contributed by atoms with Crippen molar-refractivity contribution in [1.82, 2.24) is 9.78 Å². The summed E-state index contributed by atoms with van der Waals surface area (Å²) < 4.78 is 2.18. The van der Waals surface area contributed by atoms with Crippen molar-refractivity contribution in [3.63, 3.8) is 0 Å². The first-order valence-electron chi connectivity index (χ1n) is 6.75. The highest BCUT2D eigenvalue weighted by molar-refractivity contribution is 9.10. The van der Waals surface area contributed by atoms with Crippen LogP contribution in [0.1, 0.15) is 15.6 Å². The molecule has 3 rings (SSSR count). The van der Waals surface area contributed by atoms with Crippen LogP contribution in [0.3, 0.4) is 0 Å². The van der Waals surface area contributed by atoms with Gasteiger partial charge in [-0.25, -0.2) is 4.68 Å². The molecule has 0 aliphatic carbocycles. The number of nitrogens with zero attached hydrogens (tertiary/aromatic N) is 2. The number of carbonyl (C=O) groups is 1. The van der Waals surface area contributed by atoms with Crippen LogP contribution in [0.2, 0.25) is 0 Å². The Labute approximate surface area is 141 Å². The van der Waals surface area contributed by atoms with Crippen LogP contribution in [0, 0.1) is 0 Å². The van der Waals surface area contributed by atoms with Crippen molar-refractivity contribution >= 4 is 33.6 Å². The van der Waals surface area contributed by atoms with E-state index in [1.54, 1.807) is 12.4 Å². The second kappa shape index (κ2) is 6.94. The van der Waals surface area contributed by atoms with E-state index in [1.165, 1.54) is 16.4 Å². The Hall–Kier alpha value is -1.85. The lowest BCUT2D eigenvalue weighted by Crippen LogP contribution is -2.18. The van der Waals surface area contributed by atoms with E-state index in [9.17, 15) is 4.79 Å². The van der Waals surface area contributed by atoms with Crippen LogP contribution < -0.4 is 0 Å². The van der Waals surface area contributed by atoms with Gasteiger partial charge in [0.05, 0.1) is 10.7 Å². The van der Waals surface area contributed by atoms with Gasteiger partial charge >= 0.3 is 0 Å². The van der Waals surface area contributed by atoms with Crippen LogP contribution >= 0.6 is 27.7 Å². The minimum Gasteiger partial charge on any atom is -0.271 e. The van der Waals surface area contributed by atoms with Gasteiger partial charge in [0.25, 0.3) is 5.91 Å². The number of carbonyl (C=O) groups excluding carboxylic acids is 1. The number of hydrogen-bond donors (Lipinski definition) is 0. The summed E-state index contributed by atoms with van der Waals surface area (Å²) >= 11 is 4.86. The summed E-state index contributed by atoms with van der Waals surface area (Å²) in [5.41, 5.74) is 0.966. The van der Waals surface area contributed by atoms with Gasteiger partial charge in [-0.3, -0.25) is 4.79 Å². The van der Waals surface area contributed by atoms with Gasteiger partial charge in [-0.2, -0.15) is 5.10 Å². The molecule has 0 aliphatic rings. The number of halogens is 1. The molecule has 3 nitrogen and oxygen atoms in total. The molecule has 0 spiro atoms. The molecule has 0 fully saturated rings. The van der Waals surface area contributed by atoms with E-state index in [4.69, 9.17) is 0 Å². The normalized spacial score (nSPS) is 12.0. The molecule has 22 heavy (non-hydrogen) atoms. The van der Waals surface area contributed by atoms with Crippen LogP contribution in [0.25, 0.3) is 0 Å². The van der Waals surface area contributed by atoms with Gasteiger partial charge in [0.15, 0.2) is 0 Å². The van der Waals surface area contributed by atoms with Crippen LogP contribution in [0.4, 0.5) is 0 Å². The molecular weight excluding hydrogens is 360 g/mol. The molecule has 5 heteroatoms. The number of rotatable bonds is 4. The third-order valence-corrected chi connectivity index (χ3v) is 4.76. The Morgan fingerprint density at radius 3 is 2.27 bits per heavy atom. The quantitative estimate of drug-likeness (QED) is 0.615. The number of thioether (sulfide) groups is 1. The molecule has 1 unspecified atom stereocenters. The zero-order valence-corrected chi connectivity index (χ0v) is 14.0. The molecule has 0 saturated carbocycles. The Kier molecular flexibility index (Phi) is 4.75. The van der Waals surface area contributed by atoms with Crippen molar-refractivity contribution in [1.29, 1.82) is 0 Å². The van der Waals surface area contributed by atoms with Crippen molar-refractivity contribution in [2.75, 3.05) is 0 Å². The molecule has 1 aromatic heterocycles. The van der Waals surface area contributed by atoms with Crippen LogP contribution in [0.5, 0.6) is 0 Å². The smallest absolute Gasteiger partial charge is 0.264 e. The fourth-order valence-corrected chi connectivity index (χ4v) is 3.44. The van der Waals surface area contributed by atoms with Gasteiger partial charge < -0.3 is 0 Å². The minimum atomic E-state index is -0.338. The predicted octanol–water partition coefficient (Wildman–Crippen LogP) is 4.82. The maximum atomic E-state index is 12.8. The lowest BCUT2D eigenvalue weighted by atomic mass is 10.1. The average Bonchev–Trinajstić information content (AvgIpc) is 3.00. The van der Waals surface area contributed by atoms with Gasteiger partial charge in [-0.15, -0.1) is 11.8 Å². The lowest BCUT2D eigenvalue weighted by molar-refractivity contribution is 0.0894. The highest BCUT2D eigenvalue weighted by atomic mass is 79.9. The Bertz CT molecular complexity index is 759. The fourth-order valence-electron chi connectivity index (χ4n) is 2.07. The summed E-state index contributed by atoms with van der Waals surface area (Å²) in [6.45, 7) is 0. The van der Waals surface area contributed by atoms with Crippen LogP contribution in [0.15, 0.2) is 82.4 Å². The summed E-state index contributed by atoms with van der Waals surface area (Å²) in [5.74, 6) is -0.0641. The van der Waals surface area contributed by atoms with Crippen molar-refractivity contribution in [3.8, 4) is 0 Å². The highest BCUT2D eigenvalue weighted by Crippen LogP contribution is 2.36. The molecule has 3 aromatic rings. The van der Waals surface area contributed by atoms with E-state index in [0.29, 0.717) is 0 Å². The number of hydrogen-bond acceptors (Lipinski definition) is 3. The molecule has 1 heterocycles. The van der Waals surface area contributed by atoms with E-state index in [1.807, 2.05) is 60.7 Å². The molecule has 0 aliphatic heterocycles. The average molecular weight is 373 g/mol. The minimum absolute atomic E-state index is 0.0641. The van der Waals surface area contributed by atoms with Crippen LogP contribution in [-0.4, -0.2) is 15.7 Å². The summed E-state index contributed by atoms with van der Waals surface area (Å²) in [6, 6.07) is 19.7. The molecule has 110 valence electrons. The third kappa shape index (κ3) is 3.48. The van der Waals surface area contributed by atoms with Crippen molar-refractivity contribution in [2.45, 2.75) is 10.1 Å². The fraction of sp³-hybridized carbons (Fsp3) is 0.0588. The standard InChI is InChI=1S/C17H13BrN2OS/c18-14-11-19-20(12-14)17(21)16(13-7-3-1-4-8-13)22-15-9-5-2-6-10-15/h1-12,16H. The predicted molar refractivity (Wildman–Crippen MR) is 92.0 cm³/mol. The van der Waals surface area contributed by atoms with Gasteiger partial charge in [0.1, 0.15) is 5.25 Å². The SMILES string of the molecule is O=C(C(Sc1ccccc1)c1ccccc1)n1cc(Br)cn1. The summed E-state index contributed by atoms with van der Waals surface area (Å²) in [7, 11) is 0. The molecule has 0 amide bonds. The van der Waals surface area contributed by atoms with E-state index in [2.05, 4.69) is 21.0 Å². The van der Waals surface area contributed by atoms with E-state index >= 15 is 0 Å². The molecular formula is C17H13BrN2OS.